The predicted octanol–water partition coefficient (Wildman–Crippen LogP) is 0.902. The third-order valence-electron chi connectivity index (χ3n) is 3.64. The van der Waals surface area contributed by atoms with Gasteiger partial charge in [0.15, 0.2) is 0 Å². The molecule has 3 heterocycles. The number of benzene rings is 1. The van der Waals surface area contributed by atoms with E-state index >= 15 is 0 Å². The largest absolute Gasteiger partial charge is 0.304 e. The number of hydrogen-bond donors (Lipinski definition) is 2. The van der Waals surface area contributed by atoms with Gasteiger partial charge in [0.1, 0.15) is 0 Å². The molecular formula is C16H16N5O3+. The van der Waals surface area contributed by atoms with Crippen LogP contribution in [0, 0.1) is 0 Å². The lowest BCUT2D eigenvalue weighted by Gasteiger charge is -2.10. The summed E-state index contributed by atoms with van der Waals surface area (Å²) in [5, 5.41) is 0. The molecule has 2 amide bonds. The number of imidazole rings is 1. The van der Waals surface area contributed by atoms with Gasteiger partial charge in [-0.25, -0.2) is 14.5 Å². The number of fused-ring (bicyclic) bond motifs is 2. The molecule has 4 rings (SSSR count). The summed E-state index contributed by atoms with van der Waals surface area (Å²) in [5.41, 5.74) is 0.804. The van der Waals surface area contributed by atoms with E-state index in [0.717, 1.165) is 4.90 Å². The number of nitrogens with zero attached hydrogens (tertiary/aromatic N) is 3. The van der Waals surface area contributed by atoms with Gasteiger partial charge < -0.3 is 0 Å². The molecule has 2 N–H and O–H groups in total. The lowest BCUT2D eigenvalue weighted by atomic mass is 10.1. The number of carbonyl (C=O) groups excluding carboxylic acids is 2. The van der Waals surface area contributed by atoms with Crippen LogP contribution in [0.2, 0.25) is 0 Å². The fourth-order valence-corrected chi connectivity index (χ4v) is 2.59. The van der Waals surface area contributed by atoms with Crippen molar-refractivity contribution < 1.29 is 14.2 Å². The molecule has 24 heavy (non-hydrogen) atoms. The van der Waals surface area contributed by atoms with Gasteiger partial charge in [-0.05, 0) is 12.1 Å². The first kappa shape index (κ1) is 15.6. The fraction of sp³-hybridized carbons (Fsp3) is 0.188. The average Bonchev–Trinajstić information content (AvgIpc) is 3.09. The number of hydrogen-bond acceptors (Lipinski definition) is 4. The zero-order valence-corrected chi connectivity index (χ0v) is 13.5. The highest BCUT2D eigenvalue weighted by atomic mass is 16.2. The molecule has 2 aromatic heterocycles. The lowest BCUT2D eigenvalue weighted by Crippen LogP contribution is -2.35. The highest BCUT2D eigenvalue weighted by Gasteiger charge is 2.38. The number of aryl methyl sites for hydroxylation is 1. The Morgan fingerprint density at radius 3 is 2.21 bits per heavy atom. The van der Waals surface area contributed by atoms with Crippen LogP contribution in [0.15, 0.2) is 35.4 Å². The monoisotopic (exact) mass is 326 g/mol. The zero-order chi connectivity index (χ0) is 17.4. The van der Waals surface area contributed by atoms with Crippen LogP contribution in [0.1, 0.15) is 34.6 Å². The van der Waals surface area contributed by atoms with Crippen molar-refractivity contribution in [1.82, 2.24) is 15.0 Å². The molecule has 8 nitrogen and oxygen atoms in total. The first-order valence-electron chi connectivity index (χ1n) is 7.53. The Balaban J connectivity index is 0.000000815. The topological polar surface area (TPSA) is 103 Å². The van der Waals surface area contributed by atoms with Crippen molar-refractivity contribution in [2.75, 3.05) is 4.90 Å². The molecule has 1 aliphatic heterocycles. The molecule has 3 aromatic rings. The van der Waals surface area contributed by atoms with E-state index in [1.54, 1.807) is 42.2 Å². The summed E-state index contributed by atoms with van der Waals surface area (Å²) in [6.45, 7) is 4.00. The highest BCUT2D eigenvalue weighted by Crippen LogP contribution is 2.25. The summed E-state index contributed by atoms with van der Waals surface area (Å²) in [5.74, 6) is -1.09. The Labute approximate surface area is 136 Å². The van der Waals surface area contributed by atoms with Gasteiger partial charge in [-0.1, -0.05) is 26.0 Å². The van der Waals surface area contributed by atoms with Gasteiger partial charge in [0.2, 0.25) is 12.3 Å². The fourth-order valence-electron chi connectivity index (χ4n) is 2.59. The average molecular weight is 326 g/mol. The van der Waals surface area contributed by atoms with Crippen LogP contribution in [0.5, 0.6) is 0 Å². The Kier molecular flexibility index (Phi) is 3.72. The molecule has 0 saturated carbocycles. The van der Waals surface area contributed by atoms with Gasteiger partial charge >= 0.3 is 5.56 Å². The standard InChI is InChI=1S/C14H9N5O3.C2H6/c1-18-6-15-10-9(18)11(20)17-14(16-10)19-12(21)7-4-2-3-5-8(7)13(19)22;1-2/h2-6H,1H3,(H,16,17,20);1-2H3/p+1. The second kappa shape index (κ2) is 5.73. The molecule has 0 bridgehead atoms. The second-order valence-electron chi connectivity index (χ2n) is 4.96. The summed E-state index contributed by atoms with van der Waals surface area (Å²) in [6.07, 6.45) is 1.57. The van der Waals surface area contributed by atoms with Gasteiger partial charge in [-0.3, -0.25) is 19.4 Å². The third-order valence-corrected chi connectivity index (χ3v) is 3.64. The van der Waals surface area contributed by atoms with E-state index in [-0.39, 0.29) is 5.95 Å². The van der Waals surface area contributed by atoms with E-state index in [1.807, 2.05) is 13.8 Å². The number of amides is 2. The summed E-state index contributed by atoms with van der Waals surface area (Å²) in [7, 11) is 1.69. The van der Waals surface area contributed by atoms with Gasteiger partial charge in [-0.2, -0.15) is 4.98 Å². The number of rotatable bonds is 1. The lowest BCUT2D eigenvalue weighted by molar-refractivity contribution is -0.645. The number of imide groups is 1. The summed E-state index contributed by atoms with van der Waals surface area (Å²) < 4.78 is 1.58. The van der Waals surface area contributed by atoms with Crippen molar-refractivity contribution >= 4 is 28.9 Å². The van der Waals surface area contributed by atoms with Crippen LogP contribution in [0.25, 0.3) is 11.2 Å². The van der Waals surface area contributed by atoms with Gasteiger partial charge in [0.05, 0.1) is 18.2 Å². The van der Waals surface area contributed by atoms with E-state index in [1.165, 1.54) is 0 Å². The molecule has 1 aromatic carbocycles. The molecule has 122 valence electrons. The quantitative estimate of drug-likeness (QED) is 0.512. The Bertz CT molecular complexity index is 983. The molecule has 0 unspecified atom stereocenters. The normalized spacial score (nSPS) is 13.0. The number of nitrogens with one attached hydrogen (secondary N) is 2. The molecule has 0 atom stereocenters. The van der Waals surface area contributed by atoms with Crippen LogP contribution in [0.3, 0.4) is 0 Å². The number of aromatic amines is 2. The Morgan fingerprint density at radius 1 is 1.04 bits per heavy atom. The predicted molar refractivity (Wildman–Crippen MR) is 86.8 cm³/mol. The maximum absolute atomic E-state index is 12.4. The van der Waals surface area contributed by atoms with Crippen molar-refractivity contribution in [1.29, 1.82) is 0 Å². The molecular weight excluding hydrogens is 310 g/mol. The van der Waals surface area contributed by atoms with E-state index in [4.69, 9.17) is 0 Å². The second-order valence-corrected chi connectivity index (χ2v) is 4.96. The summed E-state index contributed by atoms with van der Waals surface area (Å²) in [4.78, 5) is 47.3. The maximum Gasteiger partial charge on any atom is 0.304 e. The third kappa shape index (κ3) is 2.11. The number of carbonyl (C=O) groups is 2. The number of H-pyrrole nitrogens is 2. The van der Waals surface area contributed by atoms with Crippen molar-refractivity contribution in [3.63, 3.8) is 0 Å². The molecule has 8 heteroatoms. The van der Waals surface area contributed by atoms with Crippen LogP contribution < -0.4 is 15.0 Å². The molecule has 1 aliphatic rings. The zero-order valence-electron chi connectivity index (χ0n) is 13.5. The molecule has 0 saturated heterocycles. The maximum atomic E-state index is 12.4. The SMILES string of the molecule is CC.C[n+]1c[nH]c2nc(N3C(=O)c4ccccc4C3=O)[nH]c(=O)c21. The van der Waals surface area contributed by atoms with E-state index < -0.39 is 17.4 Å². The van der Waals surface area contributed by atoms with Gasteiger partial charge in [-0.15, -0.1) is 0 Å². The molecule has 0 spiro atoms. The van der Waals surface area contributed by atoms with Crippen LogP contribution in [-0.2, 0) is 7.05 Å². The Hall–Kier alpha value is -3.29. The van der Waals surface area contributed by atoms with E-state index in [9.17, 15) is 14.4 Å². The summed E-state index contributed by atoms with van der Waals surface area (Å²) in [6, 6.07) is 6.50. The van der Waals surface area contributed by atoms with Crippen molar-refractivity contribution in [2.45, 2.75) is 13.8 Å². The van der Waals surface area contributed by atoms with Crippen molar-refractivity contribution in [3.8, 4) is 0 Å². The van der Waals surface area contributed by atoms with Gasteiger partial charge in [0.25, 0.3) is 23.0 Å². The highest BCUT2D eigenvalue weighted by molar-refractivity contribution is 6.33. The first-order valence-corrected chi connectivity index (χ1v) is 7.53. The molecule has 0 radical (unpaired) electrons. The van der Waals surface area contributed by atoms with Gasteiger partial charge in [0, 0.05) is 0 Å². The minimum absolute atomic E-state index is 0.0915. The van der Waals surface area contributed by atoms with Crippen molar-refractivity contribution in [3.05, 3.63) is 52.1 Å². The van der Waals surface area contributed by atoms with Crippen LogP contribution >= 0.6 is 0 Å². The van der Waals surface area contributed by atoms with E-state index in [2.05, 4.69) is 15.0 Å². The van der Waals surface area contributed by atoms with E-state index in [0.29, 0.717) is 22.3 Å². The molecule has 0 aliphatic carbocycles. The minimum Gasteiger partial charge on any atom is -0.288 e. The minimum atomic E-state index is -0.501. The summed E-state index contributed by atoms with van der Waals surface area (Å²) >= 11 is 0. The first-order chi connectivity index (χ1) is 11.6. The number of anilines is 1. The Morgan fingerprint density at radius 2 is 1.62 bits per heavy atom. The van der Waals surface area contributed by atoms with Crippen LogP contribution in [0.4, 0.5) is 5.95 Å². The van der Waals surface area contributed by atoms with Crippen molar-refractivity contribution in [2.24, 2.45) is 7.05 Å². The molecule has 0 fully saturated rings. The van der Waals surface area contributed by atoms with Crippen LogP contribution in [-0.4, -0.2) is 26.8 Å². The number of aromatic nitrogens is 4. The smallest absolute Gasteiger partial charge is 0.288 e.